The second-order valence-corrected chi connectivity index (χ2v) is 4.12. The molecule has 0 aromatic heterocycles. The van der Waals surface area contributed by atoms with Crippen LogP contribution in [0.2, 0.25) is 0 Å². The van der Waals surface area contributed by atoms with E-state index in [1.54, 1.807) is 6.92 Å². The topological polar surface area (TPSA) is 72.2 Å². The van der Waals surface area contributed by atoms with E-state index in [9.17, 15) is 9.59 Å². The van der Waals surface area contributed by atoms with Crippen LogP contribution in [-0.2, 0) is 16.0 Å². The fourth-order valence-electron chi connectivity index (χ4n) is 1.60. The molecule has 1 rings (SSSR count). The largest absolute Gasteiger partial charge is 0.370 e. The average Bonchev–Trinajstić information content (AvgIpc) is 2.26. The predicted molar refractivity (Wildman–Crippen MR) is 66.2 cm³/mol. The van der Waals surface area contributed by atoms with Gasteiger partial charge in [0.15, 0.2) is 0 Å². The monoisotopic (exact) mass is 234 g/mol. The van der Waals surface area contributed by atoms with Crippen LogP contribution in [0.4, 0.5) is 0 Å². The molecular formula is C13H18N2O2. The van der Waals surface area contributed by atoms with E-state index in [0.29, 0.717) is 12.8 Å². The van der Waals surface area contributed by atoms with Crippen molar-refractivity contribution in [3.05, 3.63) is 35.9 Å². The van der Waals surface area contributed by atoms with Crippen LogP contribution in [0.25, 0.3) is 0 Å². The minimum atomic E-state index is -0.402. The van der Waals surface area contributed by atoms with E-state index in [1.807, 2.05) is 30.3 Å². The Bertz CT molecular complexity index is 376. The molecule has 0 aliphatic carbocycles. The van der Waals surface area contributed by atoms with E-state index in [4.69, 9.17) is 5.73 Å². The fraction of sp³-hybridized carbons (Fsp3) is 0.385. The zero-order valence-corrected chi connectivity index (χ0v) is 9.98. The molecule has 1 unspecified atom stereocenters. The maximum atomic E-state index is 11.5. The lowest BCUT2D eigenvalue weighted by atomic mass is 10.1. The van der Waals surface area contributed by atoms with Gasteiger partial charge in [-0.1, -0.05) is 30.3 Å². The van der Waals surface area contributed by atoms with E-state index < -0.39 is 5.91 Å². The van der Waals surface area contributed by atoms with Crippen molar-refractivity contribution in [3.8, 4) is 0 Å². The van der Waals surface area contributed by atoms with Gasteiger partial charge in [0.1, 0.15) is 0 Å². The van der Waals surface area contributed by atoms with E-state index in [-0.39, 0.29) is 18.4 Å². The standard InChI is InChI=1S/C13H18N2O2/c1-10(9-12(14)16)15-13(17)8-7-11-5-3-2-4-6-11/h2-6,10H,7-9H2,1H3,(H2,14,16)(H,15,17). The number of benzene rings is 1. The van der Waals surface area contributed by atoms with Gasteiger partial charge in [-0.15, -0.1) is 0 Å². The highest BCUT2D eigenvalue weighted by Crippen LogP contribution is 2.02. The number of rotatable bonds is 6. The van der Waals surface area contributed by atoms with Crippen LogP contribution in [0.1, 0.15) is 25.3 Å². The van der Waals surface area contributed by atoms with E-state index in [0.717, 1.165) is 5.56 Å². The lowest BCUT2D eigenvalue weighted by Crippen LogP contribution is -2.35. The summed E-state index contributed by atoms with van der Waals surface area (Å²) in [6.45, 7) is 1.77. The van der Waals surface area contributed by atoms with Crippen LogP contribution in [0.15, 0.2) is 30.3 Å². The highest BCUT2D eigenvalue weighted by molar-refractivity contribution is 5.78. The van der Waals surface area contributed by atoms with Crippen molar-refractivity contribution in [2.75, 3.05) is 0 Å². The molecule has 1 aromatic rings. The SMILES string of the molecule is CC(CC(N)=O)NC(=O)CCc1ccccc1. The Hall–Kier alpha value is -1.84. The van der Waals surface area contributed by atoms with Gasteiger partial charge >= 0.3 is 0 Å². The predicted octanol–water partition coefficient (Wildman–Crippen LogP) is 0.999. The Morgan fingerprint density at radius 1 is 1.29 bits per heavy atom. The van der Waals surface area contributed by atoms with Gasteiger partial charge < -0.3 is 11.1 Å². The lowest BCUT2D eigenvalue weighted by molar-refractivity contribution is -0.122. The Morgan fingerprint density at radius 2 is 1.94 bits per heavy atom. The molecule has 0 radical (unpaired) electrons. The summed E-state index contributed by atoms with van der Waals surface area (Å²) >= 11 is 0. The number of primary amides is 1. The van der Waals surface area contributed by atoms with Crippen LogP contribution >= 0.6 is 0 Å². The third-order valence-electron chi connectivity index (χ3n) is 2.40. The number of aryl methyl sites for hydroxylation is 1. The van der Waals surface area contributed by atoms with E-state index in [1.165, 1.54) is 0 Å². The Labute approximate surface area is 101 Å². The summed E-state index contributed by atoms with van der Waals surface area (Å²) in [7, 11) is 0. The van der Waals surface area contributed by atoms with E-state index in [2.05, 4.69) is 5.32 Å². The summed E-state index contributed by atoms with van der Waals surface area (Å²) in [5, 5.41) is 2.74. The van der Waals surface area contributed by atoms with Crippen molar-refractivity contribution in [3.63, 3.8) is 0 Å². The molecule has 0 aliphatic rings. The first kappa shape index (κ1) is 13.2. The van der Waals surface area contributed by atoms with Gasteiger partial charge in [-0.3, -0.25) is 9.59 Å². The summed E-state index contributed by atoms with van der Waals surface area (Å²) in [5.74, 6) is -0.455. The zero-order valence-electron chi connectivity index (χ0n) is 9.98. The number of amides is 2. The summed E-state index contributed by atoms with van der Waals surface area (Å²) < 4.78 is 0. The van der Waals surface area contributed by atoms with Gasteiger partial charge in [0.05, 0.1) is 0 Å². The first-order valence-corrected chi connectivity index (χ1v) is 5.69. The Balaban J connectivity index is 2.28. The number of carbonyl (C=O) groups is 2. The molecule has 3 N–H and O–H groups in total. The minimum Gasteiger partial charge on any atom is -0.370 e. The third-order valence-corrected chi connectivity index (χ3v) is 2.40. The number of nitrogens with two attached hydrogens (primary N) is 1. The number of hydrogen-bond acceptors (Lipinski definition) is 2. The molecule has 92 valence electrons. The molecule has 0 fully saturated rings. The van der Waals surface area contributed by atoms with Crippen molar-refractivity contribution in [2.45, 2.75) is 32.2 Å². The maximum Gasteiger partial charge on any atom is 0.220 e. The third kappa shape index (κ3) is 5.70. The first-order chi connectivity index (χ1) is 8.08. The first-order valence-electron chi connectivity index (χ1n) is 5.69. The van der Waals surface area contributed by atoms with E-state index >= 15 is 0 Å². The number of carbonyl (C=O) groups excluding carboxylic acids is 2. The van der Waals surface area contributed by atoms with Gasteiger partial charge in [-0.2, -0.15) is 0 Å². The molecule has 0 aliphatic heterocycles. The minimum absolute atomic E-state index is 0.0531. The van der Waals surface area contributed by atoms with Gasteiger partial charge in [0, 0.05) is 18.9 Å². The number of hydrogen-bond donors (Lipinski definition) is 2. The van der Waals surface area contributed by atoms with Crippen molar-refractivity contribution < 1.29 is 9.59 Å². The van der Waals surface area contributed by atoms with Crippen LogP contribution in [-0.4, -0.2) is 17.9 Å². The molecule has 0 spiro atoms. The summed E-state index contributed by atoms with van der Waals surface area (Å²) in [6.07, 6.45) is 1.31. The lowest BCUT2D eigenvalue weighted by Gasteiger charge is -2.11. The second kappa shape index (κ2) is 6.68. The molecule has 0 heterocycles. The molecule has 0 bridgehead atoms. The summed E-state index contributed by atoms with van der Waals surface area (Å²) in [5.41, 5.74) is 6.17. The van der Waals surface area contributed by atoms with Gasteiger partial charge in [-0.25, -0.2) is 0 Å². The fourth-order valence-corrected chi connectivity index (χ4v) is 1.60. The summed E-state index contributed by atoms with van der Waals surface area (Å²) in [6, 6.07) is 9.61. The maximum absolute atomic E-state index is 11.5. The van der Waals surface area contributed by atoms with Crippen LogP contribution in [0, 0.1) is 0 Å². The normalized spacial score (nSPS) is 11.8. The van der Waals surface area contributed by atoms with Crippen LogP contribution in [0.5, 0.6) is 0 Å². The van der Waals surface area contributed by atoms with Crippen molar-refractivity contribution in [1.82, 2.24) is 5.32 Å². The number of nitrogens with one attached hydrogen (secondary N) is 1. The van der Waals surface area contributed by atoms with Crippen LogP contribution in [0.3, 0.4) is 0 Å². The molecule has 4 nitrogen and oxygen atoms in total. The molecule has 0 saturated heterocycles. The molecular weight excluding hydrogens is 216 g/mol. The molecule has 2 amide bonds. The highest BCUT2D eigenvalue weighted by Gasteiger charge is 2.09. The van der Waals surface area contributed by atoms with Crippen molar-refractivity contribution in [1.29, 1.82) is 0 Å². The van der Waals surface area contributed by atoms with Gasteiger partial charge in [0.2, 0.25) is 11.8 Å². The molecule has 4 heteroatoms. The van der Waals surface area contributed by atoms with Crippen molar-refractivity contribution >= 4 is 11.8 Å². The highest BCUT2D eigenvalue weighted by atomic mass is 16.2. The van der Waals surface area contributed by atoms with Crippen LogP contribution < -0.4 is 11.1 Å². The average molecular weight is 234 g/mol. The Morgan fingerprint density at radius 3 is 2.53 bits per heavy atom. The summed E-state index contributed by atoms with van der Waals surface area (Å²) in [4.78, 5) is 22.2. The van der Waals surface area contributed by atoms with Gasteiger partial charge in [-0.05, 0) is 18.9 Å². The molecule has 0 saturated carbocycles. The van der Waals surface area contributed by atoms with Crippen molar-refractivity contribution in [2.24, 2.45) is 5.73 Å². The quantitative estimate of drug-likeness (QED) is 0.770. The second-order valence-electron chi connectivity index (χ2n) is 4.12. The Kier molecular flexibility index (Phi) is 5.20. The smallest absolute Gasteiger partial charge is 0.220 e. The zero-order chi connectivity index (χ0) is 12.7. The molecule has 1 aromatic carbocycles. The molecule has 17 heavy (non-hydrogen) atoms. The molecule has 1 atom stereocenters. The van der Waals surface area contributed by atoms with Gasteiger partial charge in [0.25, 0.3) is 0 Å².